The maximum atomic E-state index is 10.9. The third-order valence-corrected chi connectivity index (χ3v) is 2.57. The third-order valence-electron chi connectivity index (χ3n) is 2.57. The maximum Gasteiger partial charge on any atom is 0.131 e. The van der Waals surface area contributed by atoms with E-state index in [-0.39, 0.29) is 0 Å². The highest BCUT2D eigenvalue weighted by Crippen LogP contribution is 2.30. The van der Waals surface area contributed by atoms with Gasteiger partial charge in [-0.3, -0.25) is 4.79 Å². The highest BCUT2D eigenvalue weighted by Gasteiger charge is 2.27. The lowest BCUT2D eigenvalue weighted by atomic mass is 9.79. The molecule has 1 heterocycles. The average molecular weight is 169 g/mol. The molecular formula is C10H19NO. The fourth-order valence-electron chi connectivity index (χ4n) is 1.95. The van der Waals surface area contributed by atoms with Crippen LogP contribution in [0.25, 0.3) is 0 Å². The lowest BCUT2D eigenvalue weighted by Crippen LogP contribution is -2.42. The van der Waals surface area contributed by atoms with Gasteiger partial charge >= 0.3 is 0 Å². The van der Waals surface area contributed by atoms with E-state index in [1.165, 1.54) is 6.42 Å². The van der Waals surface area contributed by atoms with Crippen molar-refractivity contribution in [3.8, 4) is 0 Å². The lowest BCUT2D eigenvalue weighted by molar-refractivity contribution is -0.117. The molecule has 2 nitrogen and oxygen atoms in total. The zero-order chi connectivity index (χ0) is 9.19. The van der Waals surface area contributed by atoms with Crippen LogP contribution in [-0.4, -0.2) is 18.4 Å². The van der Waals surface area contributed by atoms with Crippen molar-refractivity contribution in [2.24, 2.45) is 5.41 Å². The molecule has 0 aromatic heterocycles. The predicted molar refractivity (Wildman–Crippen MR) is 50.1 cm³/mol. The van der Waals surface area contributed by atoms with Crippen molar-refractivity contribution < 1.29 is 4.79 Å². The summed E-state index contributed by atoms with van der Waals surface area (Å²) in [5, 5.41) is 3.39. The molecule has 0 amide bonds. The minimum Gasteiger partial charge on any atom is -0.314 e. The number of ketones is 1. The average Bonchev–Trinajstić information content (AvgIpc) is 1.82. The van der Waals surface area contributed by atoms with Gasteiger partial charge < -0.3 is 5.32 Å². The first-order valence-corrected chi connectivity index (χ1v) is 4.72. The van der Waals surface area contributed by atoms with Crippen LogP contribution in [0.5, 0.6) is 0 Å². The van der Waals surface area contributed by atoms with Gasteiger partial charge in [-0.1, -0.05) is 13.8 Å². The van der Waals surface area contributed by atoms with E-state index < -0.39 is 0 Å². The quantitative estimate of drug-likeness (QED) is 0.682. The van der Waals surface area contributed by atoms with Crippen LogP contribution in [0.4, 0.5) is 0 Å². The van der Waals surface area contributed by atoms with E-state index in [2.05, 4.69) is 19.2 Å². The molecule has 1 rings (SSSR count). The molecule has 0 aliphatic carbocycles. The van der Waals surface area contributed by atoms with E-state index in [0.717, 1.165) is 13.0 Å². The van der Waals surface area contributed by atoms with E-state index in [1.54, 1.807) is 6.92 Å². The summed E-state index contributed by atoms with van der Waals surface area (Å²) >= 11 is 0. The summed E-state index contributed by atoms with van der Waals surface area (Å²) in [5.41, 5.74) is 0.422. The van der Waals surface area contributed by atoms with Gasteiger partial charge in [0.2, 0.25) is 0 Å². The second kappa shape index (κ2) is 3.56. The Morgan fingerprint density at radius 1 is 1.58 bits per heavy atom. The van der Waals surface area contributed by atoms with E-state index in [0.29, 0.717) is 23.7 Å². The van der Waals surface area contributed by atoms with Gasteiger partial charge in [0.15, 0.2) is 0 Å². The number of Topliss-reactive ketones (excluding diaryl/α,β-unsaturated/α-hetero) is 1. The second-order valence-corrected chi connectivity index (χ2v) is 4.68. The molecule has 0 aromatic rings. The molecule has 1 unspecified atom stereocenters. The number of carbonyl (C=O) groups excluding carboxylic acids is 1. The van der Waals surface area contributed by atoms with Crippen molar-refractivity contribution in [2.75, 3.05) is 6.54 Å². The molecule has 0 saturated carbocycles. The number of carbonyl (C=O) groups is 1. The zero-order valence-electron chi connectivity index (χ0n) is 8.31. The summed E-state index contributed by atoms with van der Waals surface area (Å²) in [4.78, 5) is 10.9. The van der Waals surface area contributed by atoms with Crippen LogP contribution in [0, 0.1) is 5.41 Å². The molecule has 0 radical (unpaired) electrons. The molecule has 0 bridgehead atoms. The molecular weight excluding hydrogens is 150 g/mol. The highest BCUT2D eigenvalue weighted by atomic mass is 16.1. The molecule has 0 spiro atoms. The molecule has 0 aromatic carbocycles. The van der Waals surface area contributed by atoms with E-state index in [9.17, 15) is 4.79 Å². The summed E-state index contributed by atoms with van der Waals surface area (Å²) in [6.45, 7) is 7.29. The van der Waals surface area contributed by atoms with Gasteiger partial charge in [0, 0.05) is 12.5 Å². The Bertz CT molecular complexity index is 175. The molecule has 1 aliphatic heterocycles. The SMILES string of the molecule is CC(=O)CC1CC(C)(C)CCN1. The Hall–Kier alpha value is -0.370. The molecule has 12 heavy (non-hydrogen) atoms. The standard InChI is InChI=1S/C10H19NO/c1-8(12)6-9-7-10(2,3)4-5-11-9/h9,11H,4-7H2,1-3H3. The predicted octanol–water partition coefficient (Wildman–Crippen LogP) is 1.74. The molecule has 1 saturated heterocycles. The molecule has 1 atom stereocenters. The monoisotopic (exact) mass is 169 g/mol. The van der Waals surface area contributed by atoms with Crippen LogP contribution in [0.1, 0.15) is 40.0 Å². The fourth-order valence-corrected chi connectivity index (χ4v) is 1.95. The first-order chi connectivity index (χ1) is 5.49. The molecule has 2 heteroatoms. The Labute approximate surface area is 74.7 Å². The minimum atomic E-state index is 0.296. The number of hydrogen-bond acceptors (Lipinski definition) is 2. The minimum absolute atomic E-state index is 0.296. The van der Waals surface area contributed by atoms with Crippen LogP contribution in [0.2, 0.25) is 0 Å². The van der Waals surface area contributed by atoms with Gasteiger partial charge in [-0.05, 0) is 31.7 Å². The van der Waals surface area contributed by atoms with Crippen LogP contribution in [-0.2, 0) is 4.79 Å². The highest BCUT2D eigenvalue weighted by molar-refractivity contribution is 5.76. The van der Waals surface area contributed by atoms with Crippen LogP contribution >= 0.6 is 0 Å². The summed E-state index contributed by atoms with van der Waals surface area (Å²) in [6.07, 6.45) is 3.05. The zero-order valence-corrected chi connectivity index (χ0v) is 8.31. The van der Waals surface area contributed by atoms with Gasteiger partial charge in [0.1, 0.15) is 5.78 Å². The Morgan fingerprint density at radius 3 is 2.75 bits per heavy atom. The van der Waals surface area contributed by atoms with Gasteiger partial charge in [-0.15, -0.1) is 0 Å². The molecule has 1 fully saturated rings. The number of piperidine rings is 1. The van der Waals surface area contributed by atoms with Crippen LogP contribution in [0.3, 0.4) is 0 Å². The van der Waals surface area contributed by atoms with E-state index in [4.69, 9.17) is 0 Å². The fraction of sp³-hybridized carbons (Fsp3) is 0.900. The van der Waals surface area contributed by atoms with Crippen LogP contribution in [0.15, 0.2) is 0 Å². The van der Waals surface area contributed by atoms with Crippen molar-refractivity contribution >= 4 is 5.78 Å². The summed E-state index contributed by atoms with van der Waals surface area (Å²) in [6, 6.07) is 0.422. The maximum absolute atomic E-state index is 10.9. The first-order valence-electron chi connectivity index (χ1n) is 4.72. The number of rotatable bonds is 2. The number of nitrogens with one attached hydrogen (secondary N) is 1. The summed E-state index contributed by atoms with van der Waals surface area (Å²) < 4.78 is 0. The van der Waals surface area contributed by atoms with Crippen molar-refractivity contribution in [2.45, 2.75) is 46.1 Å². The van der Waals surface area contributed by atoms with Gasteiger partial charge in [0.05, 0.1) is 0 Å². The molecule has 70 valence electrons. The van der Waals surface area contributed by atoms with Gasteiger partial charge in [0.25, 0.3) is 0 Å². The van der Waals surface area contributed by atoms with Crippen molar-refractivity contribution in [1.29, 1.82) is 0 Å². The van der Waals surface area contributed by atoms with Crippen molar-refractivity contribution in [3.05, 3.63) is 0 Å². The normalized spacial score (nSPS) is 28.4. The Balaban J connectivity index is 2.41. The van der Waals surface area contributed by atoms with E-state index >= 15 is 0 Å². The van der Waals surface area contributed by atoms with Gasteiger partial charge in [-0.2, -0.15) is 0 Å². The number of hydrogen-bond donors (Lipinski definition) is 1. The van der Waals surface area contributed by atoms with Crippen LogP contribution < -0.4 is 5.32 Å². The van der Waals surface area contributed by atoms with Gasteiger partial charge in [-0.25, -0.2) is 0 Å². The Kier molecular flexibility index (Phi) is 2.89. The molecule has 1 aliphatic rings. The first kappa shape index (κ1) is 9.72. The summed E-state index contributed by atoms with van der Waals surface area (Å²) in [5.74, 6) is 0.296. The Morgan fingerprint density at radius 2 is 2.25 bits per heavy atom. The smallest absolute Gasteiger partial charge is 0.131 e. The topological polar surface area (TPSA) is 29.1 Å². The third kappa shape index (κ3) is 2.94. The van der Waals surface area contributed by atoms with Crippen molar-refractivity contribution in [3.63, 3.8) is 0 Å². The summed E-state index contributed by atoms with van der Waals surface area (Å²) in [7, 11) is 0. The lowest BCUT2D eigenvalue weighted by Gasteiger charge is -2.35. The largest absolute Gasteiger partial charge is 0.314 e. The van der Waals surface area contributed by atoms with E-state index in [1.807, 2.05) is 0 Å². The molecule has 1 N–H and O–H groups in total. The second-order valence-electron chi connectivity index (χ2n) is 4.68. The van der Waals surface area contributed by atoms with Crippen molar-refractivity contribution in [1.82, 2.24) is 5.32 Å².